The second kappa shape index (κ2) is 3.57. The van der Waals surface area contributed by atoms with Gasteiger partial charge < -0.3 is 5.73 Å². The molecule has 0 fully saturated rings. The van der Waals surface area contributed by atoms with Crippen LogP contribution in [0.3, 0.4) is 0 Å². The molecule has 0 rings (SSSR count). The third kappa shape index (κ3) is 1.95. The first-order valence-electron chi connectivity index (χ1n) is 3.82. The molecule has 0 saturated heterocycles. The summed E-state index contributed by atoms with van der Waals surface area (Å²) >= 11 is 3.40. The summed E-state index contributed by atoms with van der Waals surface area (Å²) in [5.74, 6) is 0.169. The number of hydrogen-bond acceptors (Lipinski definition) is 1. The Morgan fingerprint density at radius 2 is 1.55 bits per heavy atom. The fourth-order valence-electron chi connectivity index (χ4n) is 1.24. The van der Waals surface area contributed by atoms with E-state index in [2.05, 4.69) is 15.9 Å². The van der Waals surface area contributed by atoms with Crippen LogP contribution in [0.5, 0.6) is 0 Å². The number of hydrogen-bond donors (Lipinski definition) is 1. The Morgan fingerprint density at radius 3 is 1.55 bits per heavy atom. The quantitative estimate of drug-likeness (QED) is 0.728. The van der Waals surface area contributed by atoms with Crippen molar-refractivity contribution in [3.8, 4) is 0 Å². The molecule has 0 aliphatic rings. The lowest BCUT2D eigenvalue weighted by atomic mass is 9.85. The number of primary amides is 1. The predicted molar refractivity (Wildman–Crippen MR) is 50.5 cm³/mol. The van der Waals surface area contributed by atoms with E-state index in [1.165, 1.54) is 0 Å². The average molecular weight is 222 g/mol. The van der Waals surface area contributed by atoms with Gasteiger partial charge in [-0.1, -0.05) is 43.6 Å². The van der Waals surface area contributed by atoms with Gasteiger partial charge in [0.15, 0.2) is 0 Å². The maximum Gasteiger partial charge on any atom is 0.234 e. The normalized spacial score (nSPS) is 12.6. The molecular weight excluding hydrogens is 206 g/mol. The van der Waals surface area contributed by atoms with Crippen LogP contribution in [0.25, 0.3) is 0 Å². The molecular formula is C8H16BrNO. The largest absolute Gasteiger partial charge is 0.368 e. The van der Waals surface area contributed by atoms with Gasteiger partial charge in [-0.05, 0) is 11.8 Å². The van der Waals surface area contributed by atoms with Crippen molar-refractivity contribution in [2.75, 3.05) is 0 Å². The van der Waals surface area contributed by atoms with Crippen LogP contribution in [0.15, 0.2) is 0 Å². The number of alkyl halides is 1. The summed E-state index contributed by atoms with van der Waals surface area (Å²) in [6, 6.07) is 0. The van der Waals surface area contributed by atoms with Gasteiger partial charge in [-0.2, -0.15) is 0 Å². The summed E-state index contributed by atoms with van der Waals surface area (Å²) in [6.07, 6.45) is 0. The third-order valence-electron chi connectivity index (χ3n) is 2.06. The van der Waals surface area contributed by atoms with Crippen LogP contribution in [0.4, 0.5) is 0 Å². The Balaban J connectivity index is 4.67. The molecule has 11 heavy (non-hydrogen) atoms. The van der Waals surface area contributed by atoms with Gasteiger partial charge in [0.25, 0.3) is 0 Å². The summed E-state index contributed by atoms with van der Waals surface area (Å²) in [7, 11) is 0. The highest BCUT2D eigenvalue weighted by Gasteiger charge is 2.39. The fourth-order valence-corrected chi connectivity index (χ4v) is 1.24. The Kier molecular flexibility index (Phi) is 3.55. The van der Waals surface area contributed by atoms with Crippen LogP contribution in [-0.2, 0) is 4.79 Å². The van der Waals surface area contributed by atoms with Crippen LogP contribution < -0.4 is 5.73 Å². The zero-order chi connectivity index (χ0) is 9.23. The molecule has 0 aromatic rings. The van der Waals surface area contributed by atoms with E-state index in [9.17, 15) is 4.79 Å². The van der Waals surface area contributed by atoms with Gasteiger partial charge in [-0.15, -0.1) is 0 Å². The van der Waals surface area contributed by atoms with E-state index in [0.717, 1.165) is 0 Å². The van der Waals surface area contributed by atoms with Crippen LogP contribution >= 0.6 is 15.9 Å². The summed E-state index contributed by atoms with van der Waals surface area (Å²) in [5.41, 5.74) is 5.29. The monoisotopic (exact) mass is 221 g/mol. The predicted octanol–water partition coefficient (Wildman–Crippen LogP) is 1.92. The maximum atomic E-state index is 11.1. The average Bonchev–Trinajstić information content (AvgIpc) is 1.84. The second-order valence-corrected chi connectivity index (χ2v) is 4.75. The molecule has 0 atom stereocenters. The van der Waals surface area contributed by atoms with E-state index < -0.39 is 4.32 Å². The highest BCUT2D eigenvalue weighted by atomic mass is 79.9. The number of halogens is 1. The van der Waals surface area contributed by atoms with E-state index in [1.807, 2.05) is 27.7 Å². The van der Waals surface area contributed by atoms with Crippen LogP contribution in [0.2, 0.25) is 0 Å². The Hall–Kier alpha value is -0.0500. The van der Waals surface area contributed by atoms with Gasteiger partial charge in [-0.25, -0.2) is 0 Å². The highest BCUT2D eigenvalue weighted by molar-refractivity contribution is 9.10. The maximum absolute atomic E-state index is 11.1. The first-order chi connectivity index (χ1) is 4.83. The lowest BCUT2D eigenvalue weighted by molar-refractivity contribution is -0.122. The number of carbonyl (C=O) groups excluding carboxylic acids is 1. The minimum Gasteiger partial charge on any atom is -0.368 e. The molecule has 0 aromatic carbocycles. The lowest BCUT2D eigenvalue weighted by Gasteiger charge is -2.32. The van der Waals surface area contributed by atoms with Crippen LogP contribution in [0, 0.1) is 11.8 Å². The second-order valence-electron chi connectivity index (χ2n) is 3.44. The van der Waals surface area contributed by atoms with E-state index in [1.54, 1.807) is 0 Å². The van der Waals surface area contributed by atoms with Crippen molar-refractivity contribution in [2.45, 2.75) is 32.0 Å². The smallest absolute Gasteiger partial charge is 0.234 e. The number of carbonyl (C=O) groups is 1. The molecule has 0 saturated carbocycles. The van der Waals surface area contributed by atoms with Gasteiger partial charge in [0.2, 0.25) is 5.91 Å². The number of amides is 1. The molecule has 1 amide bonds. The van der Waals surface area contributed by atoms with Gasteiger partial charge in [0.1, 0.15) is 4.32 Å². The van der Waals surface area contributed by atoms with Crippen molar-refractivity contribution in [1.29, 1.82) is 0 Å². The van der Waals surface area contributed by atoms with Crippen LogP contribution in [-0.4, -0.2) is 10.2 Å². The topological polar surface area (TPSA) is 43.1 Å². The summed E-state index contributed by atoms with van der Waals surface area (Å²) in [4.78, 5) is 11.1. The molecule has 0 aliphatic carbocycles. The standard InChI is InChI=1S/C8H16BrNO/c1-5(2)8(9,6(3)4)7(10)11/h5-6H,1-4H3,(H2,10,11). The molecule has 0 heterocycles. The zero-order valence-electron chi connectivity index (χ0n) is 7.52. The third-order valence-corrected chi connectivity index (χ3v) is 4.28. The van der Waals surface area contributed by atoms with Crippen molar-refractivity contribution in [3.05, 3.63) is 0 Å². The number of nitrogens with two attached hydrogens (primary N) is 1. The molecule has 0 unspecified atom stereocenters. The van der Waals surface area contributed by atoms with E-state index in [4.69, 9.17) is 5.73 Å². The van der Waals surface area contributed by atoms with E-state index >= 15 is 0 Å². The van der Waals surface area contributed by atoms with E-state index in [0.29, 0.717) is 0 Å². The van der Waals surface area contributed by atoms with Crippen LogP contribution in [0.1, 0.15) is 27.7 Å². The van der Waals surface area contributed by atoms with Crippen molar-refractivity contribution in [3.63, 3.8) is 0 Å². The molecule has 2 nitrogen and oxygen atoms in total. The fraction of sp³-hybridized carbons (Fsp3) is 0.875. The van der Waals surface area contributed by atoms with Gasteiger partial charge in [0.05, 0.1) is 0 Å². The molecule has 66 valence electrons. The molecule has 0 bridgehead atoms. The van der Waals surface area contributed by atoms with Crippen molar-refractivity contribution >= 4 is 21.8 Å². The Bertz CT molecular complexity index is 146. The van der Waals surface area contributed by atoms with Gasteiger partial charge in [0, 0.05) is 0 Å². The molecule has 2 N–H and O–H groups in total. The van der Waals surface area contributed by atoms with E-state index in [-0.39, 0.29) is 17.7 Å². The van der Waals surface area contributed by atoms with Crippen molar-refractivity contribution in [2.24, 2.45) is 17.6 Å². The first kappa shape index (κ1) is 11.0. The van der Waals surface area contributed by atoms with Gasteiger partial charge in [-0.3, -0.25) is 4.79 Å². The first-order valence-corrected chi connectivity index (χ1v) is 4.61. The molecule has 3 heteroatoms. The van der Waals surface area contributed by atoms with Gasteiger partial charge >= 0.3 is 0 Å². The summed E-state index contributed by atoms with van der Waals surface area (Å²) in [5, 5.41) is 0. The highest BCUT2D eigenvalue weighted by Crippen LogP contribution is 2.34. The molecule has 0 aromatic heterocycles. The number of rotatable bonds is 3. The Labute approximate surface area is 76.7 Å². The minimum absolute atomic E-state index is 0.222. The summed E-state index contributed by atoms with van der Waals surface area (Å²) < 4.78 is -0.549. The summed E-state index contributed by atoms with van der Waals surface area (Å²) in [6.45, 7) is 7.94. The molecule has 0 radical (unpaired) electrons. The molecule has 0 aliphatic heterocycles. The zero-order valence-corrected chi connectivity index (χ0v) is 9.10. The van der Waals surface area contributed by atoms with Crippen molar-refractivity contribution in [1.82, 2.24) is 0 Å². The Morgan fingerprint density at radius 1 is 1.27 bits per heavy atom. The minimum atomic E-state index is -0.549. The van der Waals surface area contributed by atoms with Crippen molar-refractivity contribution < 1.29 is 4.79 Å². The SMILES string of the molecule is CC(C)C(Br)(C(N)=O)C(C)C. The lowest BCUT2D eigenvalue weighted by Crippen LogP contribution is -2.46. The molecule has 0 spiro atoms.